The third-order valence-corrected chi connectivity index (χ3v) is 3.41. The van der Waals surface area contributed by atoms with E-state index in [1.807, 2.05) is 0 Å². The lowest BCUT2D eigenvalue weighted by Gasteiger charge is -2.38. The van der Waals surface area contributed by atoms with Gasteiger partial charge in [0.25, 0.3) is 0 Å². The zero-order valence-electron chi connectivity index (χ0n) is 9.68. The van der Waals surface area contributed by atoms with Gasteiger partial charge in [0, 0.05) is 30.3 Å². The average Bonchev–Trinajstić information content (AvgIpc) is 2.63. The maximum absolute atomic E-state index is 11.6. The normalized spacial score (nSPS) is 25.7. The first-order chi connectivity index (χ1) is 7.00. The Labute approximate surface area is 91.6 Å². The van der Waals surface area contributed by atoms with E-state index in [4.69, 9.17) is 0 Å². The third kappa shape index (κ3) is 1.85. The third-order valence-electron chi connectivity index (χ3n) is 3.41. The second-order valence-corrected chi connectivity index (χ2v) is 5.25. The number of rotatable bonds is 1. The summed E-state index contributed by atoms with van der Waals surface area (Å²) in [6.45, 7) is 10.5. The van der Waals surface area contributed by atoms with Crippen LogP contribution in [0, 0.1) is 5.41 Å². The highest BCUT2D eigenvalue weighted by atomic mass is 16.1. The highest BCUT2D eigenvalue weighted by molar-refractivity contribution is 6.05. The molecule has 0 radical (unpaired) electrons. The number of ketones is 1. The van der Waals surface area contributed by atoms with E-state index in [9.17, 15) is 4.79 Å². The molecule has 2 aliphatic rings. The molecule has 1 aliphatic carbocycles. The SMILES string of the molecule is C=C1CC(C)(C)C(N2CCCC2)=CC1=O. The Hall–Kier alpha value is -1.05. The largest absolute Gasteiger partial charge is 0.374 e. The minimum atomic E-state index is 0.0787. The topological polar surface area (TPSA) is 20.3 Å². The van der Waals surface area contributed by atoms with Crippen molar-refractivity contribution >= 4 is 5.78 Å². The molecule has 1 aliphatic heterocycles. The van der Waals surface area contributed by atoms with E-state index in [0.29, 0.717) is 0 Å². The van der Waals surface area contributed by atoms with Crippen LogP contribution in [-0.4, -0.2) is 23.8 Å². The average molecular weight is 205 g/mol. The number of nitrogens with zero attached hydrogens (tertiary/aromatic N) is 1. The molecule has 0 unspecified atom stereocenters. The van der Waals surface area contributed by atoms with Gasteiger partial charge in [0.2, 0.25) is 0 Å². The smallest absolute Gasteiger partial charge is 0.183 e. The van der Waals surface area contributed by atoms with Gasteiger partial charge >= 0.3 is 0 Å². The summed E-state index contributed by atoms with van der Waals surface area (Å²) < 4.78 is 0. The van der Waals surface area contributed by atoms with E-state index in [-0.39, 0.29) is 11.2 Å². The first-order valence-electron chi connectivity index (χ1n) is 5.70. The summed E-state index contributed by atoms with van der Waals surface area (Å²) in [5, 5.41) is 0. The van der Waals surface area contributed by atoms with E-state index in [0.717, 1.165) is 25.1 Å². The van der Waals surface area contributed by atoms with Gasteiger partial charge in [-0.2, -0.15) is 0 Å². The predicted molar refractivity (Wildman–Crippen MR) is 61.4 cm³/mol. The summed E-state index contributed by atoms with van der Waals surface area (Å²) in [5.74, 6) is 0.122. The Morgan fingerprint density at radius 1 is 1.33 bits per heavy atom. The molecule has 0 atom stereocenters. The molecule has 1 fully saturated rings. The van der Waals surface area contributed by atoms with Crippen molar-refractivity contribution in [2.75, 3.05) is 13.1 Å². The number of allylic oxidation sites excluding steroid dienone is 3. The summed E-state index contributed by atoms with van der Waals surface area (Å²) in [6.07, 6.45) is 5.11. The van der Waals surface area contributed by atoms with Crippen LogP contribution < -0.4 is 0 Å². The van der Waals surface area contributed by atoms with Crippen molar-refractivity contribution in [1.29, 1.82) is 0 Å². The molecule has 1 heterocycles. The fourth-order valence-corrected chi connectivity index (χ4v) is 2.61. The van der Waals surface area contributed by atoms with Gasteiger partial charge in [-0.25, -0.2) is 0 Å². The van der Waals surface area contributed by atoms with Crippen molar-refractivity contribution in [3.05, 3.63) is 23.9 Å². The lowest BCUT2D eigenvalue weighted by Crippen LogP contribution is -2.34. The number of hydrogen-bond acceptors (Lipinski definition) is 2. The summed E-state index contributed by atoms with van der Waals surface area (Å²) in [4.78, 5) is 14.0. The van der Waals surface area contributed by atoms with Crippen molar-refractivity contribution in [1.82, 2.24) is 4.90 Å². The maximum atomic E-state index is 11.6. The highest BCUT2D eigenvalue weighted by Crippen LogP contribution is 2.40. The zero-order valence-corrected chi connectivity index (χ0v) is 9.68. The molecule has 0 aromatic heterocycles. The molecule has 0 bridgehead atoms. The van der Waals surface area contributed by atoms with Crippen molar-refractivity contribution in [3.63, 3.8) is 0 Å². The number of carbonyl (C=O) groups excluding carboxylic acids is 1. The first kappa shape index (κ1) is 10.5. The van der Waals surface area contributed by atoms with Crippen LogP contribution in [0.1, 0.15) is 33.1 Å². The zero-order chi connectivity index (χ0) is 11.1. The second-order valence-electron chi connectivity index (χ2n) is 5.25. The first-order valence-corrected chi connectivity index (χ1v) is 5.70. The summed E-state index contributed by atoms with van der Waals surface area (Å²) in [5.41, 5.74) is 2.05. The molecule has 1 saturated heterocycles. The van der Waals surface area contributed by atoms with Gasteiger partial charge in [0.1, 0.15) is 0 Å². The van der Waals surface area contributed by atoms with E-state index in [2.05, 4.69) is 25.3 Å². The van der Waals surface area contributed by atoms with Crippen molar-refractivity contribution in [2.24, 2.45) is 5.41 Å². The molecule has 0 N–H and O–H groups in total. The minimum absolute atomic E-state index is 0.0787. The second kappa shape index (κ2) is 3.51. The monoisotopic (exact) mass is 205 g/mol. The molecule has 0 amide bonds. The molecule has 0 spiro atoms. The van der Waals surface area contributed by atoms with Gasteiger partial charge in [-0.05, 0) is 24.8 Å². The van der Waals surface area contributed by atoms with Crippen LogP contribution in [0.2, 0.25) is 0 Å². The van der Waals surface area contributed by atoms with Crippen LogP contribution in [0.3, 0.4) is 0 Å². The Morgan fingerprint density at radius 2 is 1.93 bits per heavy atom. The molecule has 15 heavy (non-hydrogen) atoms. The Kier molecular flexibility index (Phi) is 2.45. The van der Waals surface area contributed by atoms with Crippen molar-refractivity contribution in [2.45, 2.75) is 33.1 Å². The van der Waals surface area contributed by atoms with E-state index < -0.39 is 0 Å². The quantitative estimate of drug-likeness (QED) is 0.613. The fraction of sp³-hybridized carbons (Fsp3) is 0.615. The molecule has 0 aromatic carbocycles. The standard InChI is InChI=1S/C13H19NO/c1-10-9-13(2,3)12(8-11(10)15)14-6-4-5-7-14/h8H,1,4-7,9H2,2-3H3. The van der Waals surface area contributed by atoms with Crippen LogP contribution in [0.15, 0.2) is 23.9 Å². The highest BCUT2D eigenvalue weighted by Gasteiger charge is 2.34. The van der Waals surface area contributed by atoms with Gasteiger partial charge in [0.05, 0.1) is 0 Å². The number of carbonyl (C=O) groups is 1. The van der Waals surface area contributed by atoms with E-state index in [1.54, 1.807) is 6.08 Å². The van der Waals surface area contributed by atoms with Crippen molar-refractivity contribution in [3.8, 4) is 0 Å². The van der Waals surface area contributed by atoms with Gasteiger partial charge in [-0.15, -0.1) is 0 Å². The van der Waals surface area contributed by atoms with Crippen LogP contribution in [0.25, 0.3) is 0 Å². The summed E-state index contributed by atoms with van der Waals surface area (Å²) >= 11 is 0. The lowest BCUT2D eigenvalue weighted by molar-refractivity contribution is -0.112. The van der Waals surface area contributed by atoms with E-state index in [1.165, 1.54) is 18.5 Å². The van der Waals surface area contributed by atoms with Gasteiger partial charge in [-0.3, -0.25) is 4.79 Å². The van der Waals surface area contributed by atoms with Gasteiger partial charge in [0.15, 0.2) is 5.78 Å². The summed E-state index contributed by atoms with van der Waals surface area (Å²) in [6, 6.07) is 0. The molecule has 82 valence electrons. The molecular weight excluding hydrogens is 186 g/mol. The Balaban J connectivity index is 2.30. The number of likely N-dealkylation sites (tertiary alicyclic amines) is 1. The molecule has 2 nitrogen and oxygen atoms in total. The van der Waals surface area contributed by atoms with Crippen LogP contribution in [0.4, 0.5) is 0 Å². The predicted octanol–water partition coefficient (Wildman–Crippen LogP) is 2.52. The van der Waals surface area contributed by atoms with E-state index >= 15 is 0 Å². The Bertz CT molecular complexity index is 332. The Morgan fingerprint density at radius 3 is 2.53 bits per heavy atom. The molecule has 0 aromatic rings. The maximum Gasteiger partial charge on any atom is 0.183 e. The molecular formula is C13H19NO. The molecule has 2 heteroatoms. The number of hydrogen-bond donors (Lipinski definition) is 0. The van der Waals surface area contributed by atoms with Crippen LogP contribution in [0.5, 0.6) is 0 Å². The van der Waals surface area contributed by atoms with Crippen LogP contribution in [-0.2, 0) is 4.79 Å². The van der Waals surface area contributed by atoms with Crippen LogP contribution >= 0.6 is 0 Å². The van der Waals surface area contributed by atoms with Gasteiger partial charge in [-0.1, -0.05) is 20.4 Å². The van der Waals surface area contributed by atoms with Gasteiger partial charge < -0.3 is 4.90 Å². The summed E-state index contributed by atoms with van der Waals surface area (Å²) in [7, 11) is 0. The fourth-order valence-electron chi connectivity index (χ4n) is 2.61. The molecule has 0 saturated carbocycles. The van der Waals surface area contributed by atoms with Crippen molar-refractivity contribution < 1.29 is 4.79 Å². The molecule has 2 rings (SSSR count). The minimum Gasteiger partial charge on any atom is -0.374 e. The lowest BCUT2D eigenvalue weighted by atomic mass is 9.76.